The lowest BCUT2D eigenvalue weighted by Crippen LogP contribution is -2.60. The molecule has 0 saturated heterocycles. The standard InChI is InChI=1S/C36H59NO6/c1-10-27-29(14-17-35(9)28(15-18-36(27,35)40)25-12-11-19-41-22-25)34(8)16-13-26(21-24(34)4)42-31(38)30(20-23(2)3)37-32(39)43-33(5,6)7/h11-12,22-24,26-30,40H,10,13-21H2,1-9H3,(H,37,39). The minimum Gasteiger partial charge on any atom is -0.497 e. The summed E-state index contributed by atoms with van der Waals surface area (Å²) in [4.78, 5) is 25.8. The fourth-order valence-electron chi connectivity index (χ4n) is 9.37. The first-order valence-corrected chi connectivity index (χ1v) is 16.9. The Morgan fingerprint density at radius 1 is 1.14 bits per heavy atom. The molecule has 43 heavy (non-hydrogen) atoms. The molecular weight excluding hydrogens is 542 g/mol. The number of fused-ring (bicyclic) bond motifs is 1. The van der Waals surface area contributed by atoms with Gasteiger partial charge in [-0.2, -0.15) is 0 Å². The second-order valence-corrected chi connectivity index (χ2v) is 16.0. The van der Waals surface area contributed by atoms with Gasteiger partial charge in [0.05, 0.1) is 11.9 Å². The lowest BCUT2D eigenvalue weighted by atomic mass is 9.46. The number of aliphatic hydroxyl groups is 1. The Labute approximate surface area is 260 Å². The van der Waals surface area contributed by atoms with Gasteiger partial charge in [0.2, 0.25) is 0 Å². The van der Waals surface area contributed by atoms with Gasteiger partial charge in [0, 0.05) is 5.41 Å². The summed E-state index contributed by atoms with van der Waals surface area (Å²) in [6.45, 7) is 19.4. The van der Waals surface area contributed by atoms with Gasteiger partial charge in [-0.05, 0) is 119 Å². The normalized spacial score (nSPS) is 38.5. The Balaban J connectivity index is 1.44. The van der Waals surface area contributed by atoms with Gasteiger partial charge in [-0.3, -0.25) is 0 Å². The number of hydrogen-bond donors (Lipinski definition) is 2. The van der Waals surface area contributed by atoms with Crippen molar-refractivity contribution in [1.29, 1.82) is 0 Å². The van der Waals surface area contributed by atoms with E-state index in [1.165, 1.54) is 5.57 Å². The van der Waals surface area contributed by atoms with E-state index in [2.05, 4.69) is 45.2 Å². The number of allylic oxidation sites excluding steroid dienone is 2. The van der Waals surface area contributed by atoms with Crippen LogP contribution in [-0.2, 0) is 19.0 Å². The quantitative estimate of drug-likeness (QED) is 0.277. The van der Waals surface area contributed by atoms with Crippen molar-refractivity contribution in [2.24, 2.45) is 40.4 Å². The van der Waals surface area contributed by atoms with Gasteiger partial charge in [-0.15, -0.1) is 0 Å². The molecule has 1 aliphatic heterocycles. The molecule has 0 aromatic heterocycles. The highest BCUT2D eigenvalue weighted by Crippen LogP contribution is 2.67. The van der Waals surface area contributed by atoms with Crippen LogP contribution in [0.1, 0.15) is 120 Å². The van der Waals surface area contributed by atoms with Crippen molar-refractivity contribution in [3.05, 3.63) is 24.0 Å². The van der Waals surface area contributed by atoms with Crippen LogP contribution in [0.4, 0.5) is 4.79 Å². The molecule has 4 aliphatic rings. The number of hydrogen-bond acceptors (Lipinski definition) is 6. The number of carbonyl (C=O) groups is 2. The van der Waals surface area contributed by atoms with E-state index >= 15 is 0 Å². The summed E-state index contributed by atoms with van der Waals surface area (Å²) >= 11 is 0. The van der Waals surface area contributed by atoms with Crippen molar-refractivity contribution in [2.45, 2.75) is 143 Å². The van der Waals surface area contributed by atoms with Gasteiger partial charge >= 0.3 is 12.1 Å². The fourth-order valence-corrected chi connectivity index (χ4v) is 9.37. The number of alkyl carbamates (subject to hydrolysis) is 1. The zero-order valence-electron chi connectivity index (χ0n) is 28.3. The van der Waals surface area contributed by atoms with E-state index in [9.17, 15) is 14.7 Å². The molecule has 244 valence electrons. The third-order valence-corrected chi connectivity index (χ3v) is 11.8. The Morgan fingerprint density at radius 2 is 1.86 bits per heavy atom. The van der Waals surface area contributed by atoms with Crippen LogP contribution in [0.25, 0.3) is 0 Å². The Hall–Kier alpha value is -2.02. The zero-order valence-corrected chi connectivity index (χ0v) is 28.3. The van der Waals surface area contributed by atoms with Crippen LogP contribution in [-0.4, -0.2) is 47.1 Å². The molecule has 0 bridgehead atoms. The molecule has 4 rings (SSSR count). The fraction of sp³-hybridized carbons (Fsp3) is 0.833. The van der Waals surface area contributed by atoms with E-state index in [-0.39, 0.29) is 34.7 Å². The van der Waals surface area contributed by atoms with Crippen LogP contribution < -0.4 is 5.32 Å². The minimum atomic E-state index is -0.733. The molecule has 3 saturated carbocycles. The highest BCUT2D eigenvalue weighted by molar-refractivity contribution is 5.81. The third kappa shape index (κ3) is 6.82. The molecule has 9 atom stereocenters. The van der Waals surface area contributed by atoms with E-state index in [0.717, 1.165) is 51.4 Å². The number of esters is 1. The number of rotatable bonds is 8. The van der Waals surface area contributed by atoms with E-state index in [1.54, 1.807) is 0 Å². The Kier molecular flexibility index (Phi) is 10.1. The second-order valence-electron chi connectivity index (χ2n) is 16.0. The van der Waals surface area contributed by atoms with Gasteiger partial charge in [0.1, 0.15) is 24.4 Å². The largest absolute Gasteiger partial charge is 0.497 e. The van der Waals surface area contributed by atoms with Gasteiger partial charge in [0.25, 0.3) is 0 Å². The second kappa shape index (κ2) is 12.8. The van der Waals surface area contributed by atoms with Gasteiger partial charge < -0.3 is 24.6 Å². The summed E-state index contributed by atoms with van der Waals surface area (Å²) in [5, 5.41) is 15.3. The predicted molar refractivity (Wildman–Crippen MR) is 169 cm³/mol. The van der Waals surface area contributed by atoms with E-state index in [1.807, 2.05) is 40.9 Å². The summed E-state index contributed by atoms with van der Waals surface area (Å²) in [6.07, 6.45) is 13.4. The molecular formula is C36H59NO6. The van der Waals surface area contributed by atoms with Crippen molar-refractivity contribution in [2.75, 3.05) is 6.61 Å². The van der Waals surface area contributed by atoms with Crippen LogP contribution >= 0.6 is 0 Å². The number of nitrogens with one attached hydrogen (secondary N) is 1. The molecule has 7 nitrogen and oxygen atoms in total. The number of carbonyl (C=O) groups excluding carboxylic acids is 2. The third-order valence-electron chi connectivity index (χ3n) is 11.8. The molecule has 2 N–H and O–H groups in total. The average Bonchev–Trinajstić information content (AvgIpc) is 3.19. The topological polar surface area (TPSA) is 94.1 Å². The van der Waals surface area contributed by atoms with E-state index in [0.29, 0.717) is 30.8 Å². The average molecular weight is 602 g/mol. The monoisotopic (exact) mass is 601 g/mol. The lowest BCUT2D eigenvalue weighted by molar-refractivity contribution is -0.190. The lowest BCUT2D eigenvalue weighted by Gasteiger charge is -2.60. The highest BCUT2D eigenvalue weighted by atomic mass is 16.6. The summed E-state index contributed by atoms with van der Waals surface area (Å²) in [6, 6.07) is -0.733. The van der Waals surface area contributed by atoms with E-state index < -0.39 is 23.3 Å². The molecule has 3 fully saturated rings. The van der Waals surface area contributed by atoms with E-state index in [4.69, 9.17) is 14.2 Å². The van der Waals surface area contributed by atoms with Gasteiger partial charge in [-0.25, -0.2) is 9.59 Å². The van der Waals surface area contributed by atoms with Crippen LogP contribution in [0.5, 0.6) is 0 Å². The maximum absolute atomic E-state index is 13.3. The summed E-state index contributed by atoms with van der Waals surface area (Å²) in [5.41, 5.74) is -0.225. The van der Waals surface area contributed by atoms with Crippen molar-refractivity contribution in [3.8, 4) is 0 Å². The molecule has 0 aromatic rings. The maximum atomic E-state index is 13.3. The van der Waals surface area contributed by atoms with Crippen LogP contribution in [0, 0.1) is 40.4 Å². The molecule has 1 amide bonds. The Bertz CT molecular complexity index is 1080. The smallest absolute Gasteiger partial charge is 0.408 e. The van der Waals surface area contributed by atoms with Crippen molar-refractivity contribution >= 4 is 12.1 Å². The molecule has 7 heteroatoms. The first-order valence-electron chi connectivity index (χ1n) is 16.9. The molecule has 0 radical (unpaired) electrons. The molecule has 3 aliphatic carbocycles. The number of ether oxygens (including phenoxy) is 3. The maximum Gasteiger partial charge on any atom is 0.408 e. The summed E-state index contributed by atoms with van der Waals surface area (Å²) in [7, 11) is 0. The molecule has 0 spiro atoms. The van der Waals surface area contributed by atoms with Crippen molar-refractivity contribution < 1.29 is 28.9 Å². The van der Waals surface area contributed by atoms with Crippen LogP contribution in [0.15, 0.2) is 24.0 Å². The predicted octanol–water partition coefficient (Wildman–Crippen LogP) is 7.72. The minimum absolute atomic E-state index is 0.0535. The zero-order chi connectivity index (χ0) is 31.8. The van der Waals surface area contributed by atoms with Gasteiger partial charge in [-0.1, -0.05) is 54.0 Å². The van der Waals surface area contributed by atoms with Crippen molar-refractivity contribution in [1.82, 2.24) is 5.32 Å². The summed E-state index contributed by atoms with van der Waals surface area (Å²) in [5.74, 6) is 1.13. The SMILES string of the molecule is CCC1C(C2(C)CCC(OC(=O)C(CC(C)C)NC(=O)OC(C)(C)C)CC2C)CCC2(C)C(C3=COCC=C3)CCC12O. The van der Waals surface area contributed by atoms with Crippen LogP contribution in [0.2, 0.25) is 0 Å². The highest BCUT2D eigenvalue weighted by Gasteiger charge is 2.65. The van der Waals surface area contributed by atoms with Crippen LogP contribution in [0.3, 0.4) is 0 Å². The first-order chi connectivity index (χ1) is 20.0. The first kappa shape index (κ1) is 33.9. The number of amides is 1. The van der Waals surface area contributed by atoms with Gasteiger partial charge in [0.15, 0.2) is 0 Å². The Morgan fingerprint density at radius 3 is 2.44 bits per heavy atom. The molecule has 9 unspecified atom stereocenters. The molecule has 0 aromatic carbocycles. The molecule has 1 heterocycles. The van der Waals surface area contributed by atoms with Crippen molar-refractivity contribution in [3.63, 3.8) is 0 Å². The summed E-state index contributed by atoms with van der Waals surface area (Å²) < 4.78 is 17.2.